The normalized spacial score (nSPS) is 7.67. The predicted octanol–water partition coefficient (Wildman–Crippen LogP) is -0.264. The summed E-state index contributed by atoms with van der Waals surface area (Å²) in [5.74, 6) is -1.43. The number of hydrogen-bond donors (Lipinski definition) is 2. The van der Waals surface area contributed by atoms with Crippen LogP contribution in [0.4, 0.5) is 0 Å². The minimum atomic E-state index is -1.43. The maximum absolute atomic E-state index is 9.00. The lowest BCUT2D eigenvalue weighted by Gasteiger charge is -1.59. The number of aldehydes is 1. The van der Waals surface area contributed by atoms with Crippen LogP contribution in [0.25, 0.3) is 0 Å². The summed E-state index contributed by atoms with van der Waals surface area (Å²) in [7, 11) is 0. The summed E-state index contributed by atoms with van der Waals surface area (Å²) in [4.78, 5) is 17.9. The fourth-order valence-electron chi connectivity index (χ4n) is 0. The van der Waals surface area contributed by atoms with Gasteiger partial charge in [-0.1, -0.05) is 0 Å². The molecule has 0 amide bonds. The monoisotopic (exact) mass is 133 g/mol. The summed E-state index contributed by atoms with van der Waals surface area (Å²) in [6.07, 6.45) is 1.14. The molecule has 0 aromatic carbocycles. The first-order chi connectivity index (χ1) is 4.18. The Labute approximate surface area is 51.6 Å². The smallest absolute Gasteiger partial charge is 0.368 e. The predicted molar refractivity (Wildman–Crippen MR) is 29.7 cm³/mol. The van der Waals surface area contributed by atoms with Crippen molar-refractivity contribution in [2.45, 2.75) is 6.92 Å². The van der Waals surface area contributed by atoms with Crippen LogP contribution < -0.4 is 0 Å². The maximum Gasteiger partial charge on any atom is 0.368 e. The van der Waals surface area contributed by atoms with Gasteiger partial charge in [-0.05, 0) is 6.92 Å². The van der Waals surface area contributed by atoms with E-state index in [1.54, 1.807) is 6.92 Å². The van der Waals surface area contributed by atoms with Crippen LogP contribution in [0.3, 0.4) is 0 Å². The highest BCUT2D eigenvalue weighted by atomic mass is 16.4. The van der Waals surface area contributed by atoms with E-state index >= 15 is 0 Å². The van der Waals surface area contributed by atoms with Gasteiger partial charge in [-0.25, -0.2) is 4.79 Å². The molecule has 0 heterocycles. The Morgan fingerprint density at radius 1 is 1.67 bits per heavy atom. The van der Waals surface area contributed by atoms with Gasteiger partial charge < -0.3 is 10.3 Å². The van der Waals surface area contributed by atoms with Crippen molar-refractivity contribution >= 4 is 18.5 Å². The summed E-state index contributed by atoms with van der Waals surface area (Å²) >= 11 is 0. The van der Waals surface area contributed by atoms with Gasteiger partial charge in [-0.15, -0.1) is 5.16 Å². The Balaban J connectivity index is 0. The van der Waals surface area contributed by atoms with Crippen molar-refractivity contribution in [1.82, 2.24) is 0 Å². The number of rotatable bonds is 1. The lowest BCUT2D eigenvalue weighted by Crippen LogP contribution is -1.91. The number of oxime groups is 1. The molecule has 0 aromatic heterocycles. The Morgan fingerprint density at radius 2 is 1.89 bits per heavy atom. The summed E-state index contributed by atoms with van der Waals surface area (Å²) in [5, 5.41) is 17.4. The largest absolute Gasteiger partial charge is 0.476 e. The minimum Gasteiger partial charge on any atom is -0.476 e. The van der Waals surface area contributed by atoms with Crippen molar-refractivity contribution in [3.63, 3.8) is 0 Å². The van der Waals surface area contributed by atoms with E-state index in [9.17, 15) is 0 Å². The summed E-state index contributed by atoms with van der Waals surface area (Å²) in [5.41, 5.74) is 0. The molecule has 0 spiro atoms. The van der Waals surface area contributed by atoms with E-state index < -0.39 is 5.97 Å². The van der Waals surface area contributed by atoms with Crippen LogP contribution >= 0.6 is 0 Å². The van der Waals surface area contributed by atoms with Gasteiger partial charge in [0.25, 0.3) is 0 Å². The highest BCUT2D eigenvalue weighted by Gasteiger charge is 1.80. The van der Waals surface area contributed by atoms with Gasteiger partial charge in [-0.3, -0.25) is 4.79 Å². The molecule has 0 aliphatic carbocycles. The number of aliphatic carboxylic acids is 1. The van der Waals surface area contributed by atoms with Gasteiger partial charge in [-0.2, -0.15) is 0 Å². The third kappa shape index (κ3) is 54.2. The van der Waals surface area contributed by atoms with Gasteiger partial charge in [0.15, 0.2) is 0 Å². The molecule has 0 saturated heterocycles. The van der Waals surface area contributed by atoms with Crippen LogP contribution in [0.15, 0.2) is 5.16 Å². The first-order valence-corrected chi connectivity index (χ1v) is 1.99. The molecule has 0 saturated carbocycles. The van der Waals surface area contributed by atoms with E-state index in [2.05, 4.69) is 5.16 Å². The average molecular weight is 133 g/mol. The molecule has 0 radical (unpaired) electrons. The third-order valence-corrected chi connectivity index (χ3v) is 0.216. The zero-order chi connectivity index (χ0) is 7.70. The molecule has 0 aliphatic heterocycles. The molecule has 0 atom stereocenters. The second kappa shape index (κ2) is 9.79. The number of nitrogens with zero attached hydrogens (tertiary/aromatic N) is 1. The van der Waals surface area contributed by atoms with Gasteiger partial charge in [0.1, 0.15) is 0 Å². The van der Waals surface area contributed by atoms with E-state index in [4.69, 9.17) is 19.9 Å². The van der Waals surface area contributed by atoms with E-state index in [0.717, 1.165) is 0 Å². The van der Waals surface area contributed by atoms with Crippen LogP contribution in [0.2, 0.25) is 0 Å². The van der Waals surface area contributed by atoms with Crippen LogP contribution in [0.5, 0.6) is 0 Å². The fraction of sp³-hybridized carbons (Fsp3) is 0.250. The number of carbonyl (C=O) groups excluding carboxylic acids is 1. The molecule has 0 aromatic rings. The van der Waals surface area contributed by atoms with Crippen molar-refractivity contribution in [3.05, 3.63) is 0 Å². The second-order valence-corrected chi connectivity index (χ2v) is 0.830. The summed E-state index contributed by atoms with van der Waals surface area (Å²) in [6.45, 7) is 1.64. The summed E-state index contributed by atoms with van der Waals surface area (Å²) < 4.78 is 0. The van der Waals surface area contributed by atoms with Gasteiger partial charge >= 0.3 is 5.97 Å². The summed E-state index contributed by atoms with van der Waals surface area (Å²) in [6, 6.07) is 0. The molecule has 5 heteroatoms. The van der Waals surface area contributed by atoms with E-state index in [0.29, 0.717) is 0 Å². The zero-order valence-corrected chi connectivity index (χ0v) is 4.81. The van der Waals surface area contributed by atoms with Gasteiger partial charge in [0.05, 0.1) is 0 Å². The number of carboxylic acids is 1. The first-order valence-electron chi connectivity index (χ1n) is 1.99. The van der Waals surface area contributed by atoms with E-state index in [1.807, 2.05) is 0 Å². The van der Waals surface area contributed by atoms with Crippen LogP contribution in [-0.4, -0.2) is 28.8 Å². The molecular formula is C4H7NO4. The van der Waals surface area contributed by atoms with Gasteiger partial charge in [0, 0.05) is 6.21 Å². The molecular weight excluding hydrogens is 126 g/mol. The molecule has 0 rings (SSSR count). The number of carboxylic acid groups (broad SMARTS) is 1. The van der Waals surface area contributed by atoms with E-state index in [-0.39, 0.29) is 6.29 Å². The fourth-order valence-corrected chi connectivity index (χ4v) is 0. The average Bonchev–Trinajstić information content (AvgIpc) is 1.89. The third-order valence-electron chi connectivity index (χ3n) is 0.216. The standard InChI is InChI=1S/C2H5NO.C2H2O3/c1-2-3-4;3-1-2(4)5/h2,4H,1H3;1H,(H,4,5)/b3-2+;. The highest BCUT2D eigenvalue weighted by Crippen LogP contribution is 1.39. The molecule has 0 unspecified atom stereocenters. The van der Waals surface area contributed by atoms with Crippen LogP contribution in [-0.2, 0) is 9.59 Å². The number of carbonyl (C=O) groups is 2. The van der Waals surface area contributed by atoms with Crippen molar-refractivity contribution in [1.29, 1.82) is 0 Å². The molecule has 0 fully saturated rings. The number of hydrogen-bond acceptors (Lipinski definition) is 4. The lowest BCUT2D eigenvalue weighted by molar-refractivity contribution is -0.143. The Morgan fingerprint density at radius 3 is 1.89 bits per heavy atom. The Kier molecular flexibility index (Phi) is 11.5. The van der Waals surface area contributed by atoms with Crippen LogP contribution in [0, 0.1) is 0 Å². The molecule has 9 heavy (non-hydrogen) atoms. The molecule has 52 valence electrons. The molecule has 0 bridgehead atoms. The molecule has 5 nitrogen and oxygen atoms in total. The molecule has 2 N–H and O–H groups in total. The second-order valence-electron chi connectivity index (χ2n) is 0.830. The first kappa shape index (κ1) is 10.6. The lowest BCUT2D eigenvalue weighted by atomic mass is 10.8. The van der Waals surface area contributed by atoms with Crippen LogP contribution in [0.1, 0.15) is 6.92 Å². The highest BCUT2D eigenvalue weighted by molar-refractivity contribution is 6.19. The van der Waals surface area contributed by atoms with E-state index in [1.165, 1.54) is 6.21 Å². The SMILES string of the molecule is C/C=N/O.O=CC(=O)O. The quantitative estimate of drug-likeness (QED) is 0.169. The van der Waals surface area contributed by atoms with Crippen molar-refractivity contribution in [2.75, 3.05) is 0 Å². The van der Waals surface area contributed by atoms with Gasteiger partial charge in [0.2, 0.25) is 6.29 Å². The van der Waals surface area contributed by atoms with Crippen molar-refractivity contribution < 1.29 is 19.9 Å². The Bertz CT molecular complexity index is 105. The minimum absolute atomic E-state index is 0.167. The van der Waals surface area contributed by atoms with Crippen molar-refractivity contribution in [3.8, 4) is 0 Å². The Hall–Kier alpha value is -1.39. The zero-order valence-electron chi connectivity index (χ0n) is 4.81. The van der Waals surface area contributed by atoms with Crippen molar-refractivity contribution in [2.24, 2.45) is 5.16 Å². The topological polar surface area (TPSA) is 87.0 Å². The maximum atomic E-state index is 9.00. The molecule has 0 aliphatic rings.